The summed E-state index contributed by atoms with van der Waals surface area (Å²) in [7, 11) is 0. The van der Waals surface area contributed by atoms with Crippen LogP contribution < -0.4 is 4.74 Å². The largest absolute Gasteiger partial charge is 0.488 e. The van der Waals surface area contributed by atoms with Crippen LogP contribution in [0.2, 0.25) is 0 Å². The first kappa shape index (κ1) is 11.7. The highest BCUT2D eigenvalue weighted by molar-refractivity contribution is 5.94. The van der Waals surface area contributed by atoms with E-state index in [9.17, 15) is 9.90 Å². The highest BCUT2D eigenvalue weighted by Crippen LogP contribution is 2.15. The summed E-state index contributed by atoms with van der Waals surface area (Å²) in [5, 5.41) is 9.25. The van der Waals surface area contributed by atoms with Crippen LogP contribution in [0.3, 0.4) is 0 Å². The molecular weight excluding hydrogens is 192 g/mol. The molecule has 0 aliphatic heterocycles. The van der Waals surface area contributed by atoms with Gasteiger partial charge in [-0.3, -0.25) is 4.79 Å². The predicted octanol–water partition coefficient (Wildman–Crippen LogP) is 2.04. The van der Waals surface area contributed by atoms with Crippen molar-refractivity contribution >= 4 is 5.78 Å². The molecule has 0 aromatic heterocycles. The molecule has 0 bridgehead atoms. The van der Waals surface area contributed by atoms with Crippen molar-refractivity contribution in [3.05, 3.63) is 29.8 Å². The minimum atomic E-state index is -0.516. The van der Waals surface area contributed by atoms with Gasteiger partial charge in [0.25, 0.3) is 0 Å². The van der Waals surface area contributed by atoms with Gasteiger partial charge in [-0.15, -0.1) is 0 Å². The lowest BCUT2D eigenvalue weighted by atomic mass is 10.1. The van der Waals surface area contributed by atoms with Crippen molar-refractivity contribution in [1.82, 2.24) is 0 Å². The molecule has 0 aliphatic rings. The Morgan fingerprint density at radius 3 is 2.20 bits per heavy atom. The van der Waals surface area contributed by atoms with Gasteiger partial charge in [0.05, 0.1) is 6.10 Å². The van der Waals surface area contributed by atoms with E-state index in [1.54, 1.807) is 38.1 Å². The first-order valence-corrected chi connectivity index (χ1v) is 4.96. The second-order valence-corrected chi connectivity index (χ2v) is 3.64. The summed E-state index contributed by atoms with van der Waals surface area (Å²) in [5.41, 5.74) is 0.659. The zero-order valence-corrected chi connectivity index (χ0v) is 9.23. The van der Waals surface area contributed by atoms with Crippen LogP contribution in [0.4, 0.5) is 0 Å². The fraction of sp³-hybridized carbons (Fsp3) is 0.417. The minimum Gasteiger partial charge on any atom is -0.488 e. The summed E-state index contributed by atoms with van der Waals surface area (Å²) >= 11 is 0. The number of aliphatic hydroxyl groups is 1. The monoisotopic (exact) mass is 208 g/mol. The van der Waals surface area contributed by atoms with Crippen molar-refractivity contribution in [3.8, 4) is 5.75 Å². The average Bonchev–Trinajstić information content (AvgIpc) is 2.18. The Balaban J connectivity index is 2.68. The Morgan fingerprint density at radius 2 is 1.80 bits per heavy atom. The van der Waals surface area contributed by atoms with Crippen LogP contribution in [-0.2, 0) is 0 Å². The molecule has 0 spiro atoms. The molecule has 0 aliphatic carbocycles. The number of carbonyl (C=O) groups excluding carboxylic acids is 1. The van der Waals surface area contributed by atoms with Gasteiger partial charge in [-0.2, -0.15) is 0 Å². The van der Waals surface area contributed by atoms with E-state index in [2.05, 4.69) is 0 Å². The maximum Gasteiger partial charge on any atom is 0.159 e. The van der Waals surface area contributed by atoms with Gasteiger partial charge in [-0.05, 0) is 45.0 Å². The van der Waals surface area contributed by atoms with Crippen LogP contribution in [0.1, 0.15) is 31.1 Å². The Morgan fingerprint density at radius 1 is 1.27 bits per heavy atom. The summed E-state index contributed by atoms with van der Waals surface area (Å²) in [5.74, 6) is 0.693. The summed E-state index contributed by atoms with van der Waals surface area (Å²) in [6, 6.07) is 6.89. The summed E-state index contributed by atoms with van der Waals surface area (Å²) in [4.78, 5) is 11.0. The van der Waals surface area contributed by atoms with Crippen molar-refractivity contribution in [2.75, 3.05) is 0 Å². The first-order valence-electron chi connectivity index (χ1n) is 4.96. The van der Waals surface area contributed by atoms with Crippen molar-refractivity contribution in [1.29, 1.82) is 0 Å². The molecule has 2 atom stereocenters. The lowest BCUT2D eigenvalue weighted by molar-refractivity contribution is 0.0604. The number of hydrogen-bond donors (Lipinski definition) is 1. The third kappa shape index (κ3) is 3.36. The lowest BCUT2D eigenvalue weighted by Gasteiger charge is -2.17. The van der Waals surface area contributed by atoms with Gasteiger partial charge < -0.3 is 9.84 Å². The molecule has 1 rings (SSSR count). The number of rotatable bonds is 4. The number of carbonyl (C=O) groups is 1. The van der Waals surface area contributed by atoms with E-state index in [4.69, 9.17) is 4.74 Å². The quantitative estimate of drug-likeness (QED) is 0.770. The third-order valence-corrected chi connectivity index (χ3v) is 2.26. The number of ketones is 1. The number of ether oxygens (including phenoxy) is 1. The summed E-state index contributed by atoms with van der Waals surface area (Å²) in [6.45, 7) is 4.99. The van der Waals surface area contributed by atoms with Crippen molar-refractivity contribution in [3.63, 3.8) is 0 Å². The molecule has 0 fully saturated rings. The molecule has 3 nitrogen and oxygen atoms in total. The molecule has 1 aromatic rings. The molecule has 0 saturated carbocycles. The molecule has 0 amide bonds. The van der Waals surface area contributed by atoms with E-state index in [0.29, 0.717) is 11.3 Å². The Bertz CT molecular complexity index is 327. The molecule has 1 N–H and O–H groups in total. The second-order valence-electron chi connectivity index (χ2n) is 3.64. The number of hydrogen-bond acceptors (Lipinski definition) is 3. The van der Waals surface area contributed by atoms with Crippen LogP contribution in [0, 0.1) is 0 Å². The molecule has 82 valence electrons. The molecule has 1 aromatic carbocycles. The smallest absolute Gasteiger partial charge is 0.159 e. The van der Waals surface area contributed by atoms with Crippen LogP contribution in [0.15, 0.2) is 24.3 Å². The molecule has 15 heavy (non-hydrogen) atoms. The normalized spacial score (nSPS) is 14.4. The molecule has 0 heterocycles. The standard InChI is InChI=1S/C12H16O3/c1-8(13)10(3)15-12-6-4-11(5-7-12)9(2)14/h4-8,10,13H,1-3H3. The fourth-order valence-electron chi connectivity index (χ4n) is 1.08. The van der Waals surface area contributed by atoms with E-state index in [-0.39, 0.29) is 11.9 Å². The van der Waals surface area contributed by atoms with E-state index >= 15 is 0 Å². The van der Waals surface area contributed by atoms with Crippen LogP contribution >= 0.6 is 0 Å². The van der Waals surface area contributed by atoms with Gasteiger partial charge in [0.2, 0.25) is 0 Å². The van der Waals surface area contributed by atoms with Crippen molar-refractivity contribution in [2.45, 2.75) is 33.0 Å². The van der Waals surface area contributed by atoms with Gasteiger partial charge in [-0.1, -0.05) is 0 Å². The van der Waals surface area contributed by atoms with Gasteiger partial charge in [-0.25, -0.2) is 0 Å². The average molecular weight is 208 g/mol. The van der Waals surface area contributed by atoms with Gasteiger partial charge in [0, 0.05) is 5.56 Å². The number of benzene rings is 1. The van der Waals surface area contributed by atoms with E-state index in [0.717, 1.165) is 0 Å². The second kappa shape index (κ2) is 4.94. The maximum atomic E-state index is 11.0. The molecule has 0 saturated heterocycles. The highest BCUT2D eigenvalue weighted by atomic mass is 16.5. The molecule has 2 unspecified atom stereocenters. The summed E-state index contributed by atoms with van der Waals surface area (Å²) < 4.78 is 5.45. The Kier molecular flexibility index (Phi) is 3.86. The first-order chi connectivity index (χ1) is 7.00. The topological polar surface area (TPSA) is 46.5 Å². The molecule has 0 radical (unpaired) electrons. The van der Waals surface area contributed by atoms with Gasteiger partial charge in [0.1, 0.15) is 11.9 Å². The minimum absolute atomic E-state index is 0.0325. The zero-order chi connectivity index (χ0) is 11.4. The summed E-state index contributed by atoms with van der Waals surface area (Å²) in [6.07, 6.45) is -0.773. The van der Waals surface area contributed by atoms with E-state index in [1.165, 1.54) is 6.92 Å². The Labute approximate surface area is 89.7 Å². The van der Waals surface area contributed by atoms with E-state index < -0.39 is 6.10 Å². The lowest BCUT2D eigenvalue weighted by Crippen LogP contribution is -2.25. The number of aliphatic hydroxyl groups excluding tert-OH is 1. The van der Waals surface area contributed by atoms with E-state index in [1.807, 2.05) is 0 Å². The third-order valence-electron chi connectivity index (χ3n) is 2.26. The van der Waals surface area contributed by atoms with Crippen LogP contribution in [0.25, 0.3) is 0 Å². The molecular formula is C12H16O3. The van der Waals surface area contributed by atoms with Crippen LogP contribution in [-0.4, -0.2) is 23.1 Å². The zero-order valence-electron chi connectivity index (χ0n) is 9.23. The van der Waals surface area contributed by atoms with Crippen molar-refractivity contribution < 1.29 is 14.6 Å². The van der Waals surface area contributed by atoms with Gasteiger partial charge in [0.15, 0.2) is 5.78 Å². The Hall–Kier alpha value is -1.35. The fourth-order valence-corrected chi connectivity index (χ4v) is 1.08. The van der Waals surface area contributed by atoms with Crippen LogP contribution in [0.5, 0.6) is 5.75 Å². The molecule has 3 heteroatoms. The highest BCUT2D eigenvalue weighted by Gasteiger charge is 2.10. The van der Waals surface area contributed by atoms with Gasteiger partial charge >= 0.3 is 0 Å². The maximum absolute atomic E-state index is 11.0. The number of Topliss-reactive ketones (excluding diaryl/α,β-unsaturated/α-hetero) is 1. The van der Waals surface area contributed by atoms with Crippen molar-refractivity contribution in [2.24, 2.45) is 0 Å². The SMILES string of the molecule is CC(=O)c1ccc(OC(C)C(C)O)cc1. The predicted molar refractivity (Wildman–Crippen MR) is 58.2 cm³/mol.